The Hall–Kier alpha value is -2.72. The minimum absolute atomic E-state index is 0.104. The average molecular weight is 559 g/mol. The van der Waals surface area contributed by atoms with E-state index in [0.717, 1.165) is 5.56 Å². The summed E-state index contributed by atoms with van der Waals surface area (Å²) >= 11 is 0. The lowest BCUT2D eigenvalue weighted by Gasteiger charge is -2.65. The number of ketones is 1. The fourth-order valence-electron chi connectivity index (χ4n) is 9.73. The standard InChI is InChI=1S/C30H38O10/c1-7-17(31)38-24-19-22(34)29(5,21(27(24,2)3)20(33)26(35)36-6)15-8-10-28(4)16(30(15)25(19)40-30)12-18(32)39-23(28)14-9-11-37-13-14/h9,11,13,15-16,19-21,23-25,33H,7-8,10,12H2,1-6H3/t15-,16-,19+,20-,21+,23+,24-,25-,28-,29-,30-/m1/s1. The van der Waals surface area contributed by atoms with Crippen molar-refractivity contribution in [1.29, 1.82) is 0 Å². The molecule has 0 aromatic carbocycles. The van der Waals surface area contributed by atoms with Crippen LogP contribution in [0, 0.1) is 39.9 Å². The molecule has 6 rings (SSSR count). The third-order valence-electron chi connectivity index (χ3n) is 11.3. The van der Waals surface area contributed by atoms with Gasteiger partial charge in [-0.1, -0.05) is 34.6 Å². The first kappa shape index (κ1) is 27.4. The van der Waals surface area contributed by atoms with Gasteiger partial charge in [-0.3, -0.25) is 14.4 Å². The van der Waals surface area contributed by atoms with E-state index in [1.807, 2.05) is 20.8 Å². The van der Waals surface area contributed by atoms with E-state index < -0.39 is 70.0 Å². The Balaban J connectivity index is 1.52. The van der Waals surface area contributed by atoms with Crippen LogP contribution in [0.25, 0.3) is 0 Å². The van der Waals surface area contributed by atoms with Gasteiger partial charge in [-0.05, 0) is 18.9 Å². The number of carbonyl (C=O) groups is 4. The predicted octanol–water partition coefficient (Wildman–Crippen LogP) is 3.15. The highest BCUT2D eigenvalue weighted by atomic mass is 16.6. The number of methoxy groups -OCH3 is 1. The number of ether oxygens (including phenoxy) is 4. The normalized spacial score (nSPS) is 45.2. The van der Waals surface area contributed by atoms with E-state index in [9.17, 15) is 24.3 Å². The number of aliphatic hydroxyl groups excluding tert-OH is 1. The number of cyclic esters (lactones) is 1. The smallest absolute Gasteiger partial charge is 0.335 e. The molecule has 2 saturated heterocycles. The molecular formula is C30H38O10. The molecule has 11 atom stereocenters. The molecular weight excluding hydrogens is 520 g/mol. The lowest BCUT2D eigenvalue weighted by Crippen LogP contribution is -2.74. The second kappa shape index (κ2) is 8.64. The van der Waals surface area contributed by atoms with E-state index in [2.05, 4.69) is 6.92 Å². The summed E-state index contributed by atoms with van der Waals surface area (Å²) in [6.45, 7) is 9.27. The van der Waals surface area contributed by atoms with Crippen molar-refractivity contribution in [2.24, 2.45) is 39.9 Å². The Morgan fingerprint density at radius 3 is 2.52 bits per heavy atom. The molecule has 0 amide bonds. The molecule has 3 aliphatic carbocycles. The Bertz CT molecular complexity index is 1250. The van der Waals surface area contributed by atoms with E-state index in [1.165, 1.54) is 7.11 Å². The zero-order valence-electron chi connectivity index (χ0n) is 23.8. The minimum Gasteiger partial charge on any atom is -0.472 e. The molecule has 1 aromatic rings. The highest BCUT2D eigenvalue weighted by Gasteiger charge is 2.86. The fourth-order valence-corrected chi connectivity index (χ4v) is 9.73. The number of epoxide rings is 1. The van der Waals surface area contributed by atoms with Crippen molar-refractivity contribution in [3.8, 4) is 0 Å². The second-order valence-electron chi connectivity index (χ2n) is 13.4. The molecule has 1 spiro atoms. The molecule has 1 N–H and O–H groups in total. The molecule has 2 bridgehead atoms. The first-order valence-corrected chi connectivity index (χ1v) is 14.2. The van der Waals surface area contributed by atoms with Gasteiger partial charge in [-0.15, -0.1) is 0 Å². The van der Waals surface area contributed by atoms with Crippen molar-refractivity contribution in [1.82, 2.24) is 0 Å². The maximum absolute atomic E-state index is 14.5. The Morgan fingerprint density at radius 1 is 1.18 bits per heavy atom. The summed E-state index contributed by atoms with van der Waals surface area (Å²) in [7, 11) is 1.20. The topological polar surface area (TPSA) is 142 Å². The average Bonchev–Trinajstić information content (AvgIpc) is 3.36. The molecule has 0 radical (unpaired) electrons. The van der Waals surface area contributed by atoms with Crippen LogP contribution in [0.4, 0.5) is 0 Å². The maximum Gasteiger partial charge on any atom is 0.335 e. The summed E-state index contributed by atoms with van der Waals surface area (Å²) in [4.78, 5) is 53.2. The molecule has 10 heteroatoms. The van der Waals surface area contributed by atoms with E-state index in [0.29, 0.717) is 12.8 Å². The summed E-state index contributed by atoms with van der Waals surface area (Å²) in [5, 5.41) is 11.5. The van der Waals surface area contributed by atoms with Crippen LogP contribution in [0.2, 0.25) is 0 Å². The van der Waals surface area contributed by atoms with Gasteiger partial charge in [0.15, 0.2) is 6.10 Å². The van der Waals surface area contributed by atoms with Crippen molar-refractivity contribution >= 4 is 23.7 Å². The quantitative estimate of drug-likeness (QED) is 0.325. The molecule has 1 aromatic heterocycles. The fraction of sp³-hybridized carbons (Fsp3) is 0.733. The molecule has 40 heavy (non-hydrogen) atoms. The van der Waals surface area contributed by atoms with Gasteiger partial charge >= 0.3 is 17.9 Å². The van der Waals surface area contributed by atoms with Crippen LogP contribution >= 0.6 is 0 Å². The van der Waals surface area contributed by atoms with Crippen LogP contribution in [0.3, 0.4) is 0 Å². The summed E-state index contributed by atoms with van der Waals surface area (Å²) in [6.07, 6.45) is 0.859. The van der Waals surface area contributed by atoms with Crippen LogP contribution in [-0.4, -0.2) is 59.8 Å². The van der Waals surface area contributed by atoms with Crippen molar-refractivity contribution < 1.29 is 47.6 Å². The van der Waals surface area contributed by atoms with E-state index >= 15 is 0 Å². The number of fused-ring (bicyclic) bond motifs is 5. The monoisotopic (exact) mass is 558 g/mol. The predicted molar refractivity (Wildman–Crippen MR) is 136 cm³/mol. The van der Waals surface area contributed by atoms with Gasteiger partial charge in [0.25, 0.3) is 0 Å². The van der Waals surface area contributed by atoms with Crippen molar-refractivity contribution in [3.63, 3.8) is 0 Å². The van der Waals surface area contributed by atoms with E-state index in [-0.39, 0.29) is 36.4 Å². The van der Waals surface area contributed by atoms with Crippen LogP contribution in [0.15, 0.2) is 23.0 Å². The number of esters is 3. The number of hydrogen-bond donors (Lipinski definition) is 1. The lowest BCUT2D eigenvalue weighted by molar-refractivity contribution is -0.232. The largest absolute Gasteiger partial charge is 0.472 e. The molecule has 218 valence electrons. The summed E-state index contributed by atoms with van der Waals surface area (Å²) in [6, 6.07) is 1.80. The molecule has 10 nitrogen and oxygen atoms in total. The first-order valence-electron chi connectivity index (χ1n) is 14.2. The molecule has 0 unspecified atom stereocenters. The minimum atomic E-state index is -1.63. The van der Waals surface area contributed by atoms with Gasteiger partial charge in [-0.2, -0.15) is 0 Å². The molecule has 3 heterocycles. The summed E-state index contributed by atoms with van der Waals surface area (Å²) in [5.74, 6) is -4.28. The number of furan rings is 1. The maximum atomic E-state index is 14.5. The number of Topliss-reactive ketones (excluding diaryl/α,β-unsaturated/α-hetero) is 1. The Labute approximate surface area is 233 Å². The van der Waals surface area contributed by atoms with Crippen LogP contribution in [0.1, 0.15) is 72.0 Å². The number of rotatable bonds is 5. The van der Waals surface area contributed by atoms with Gasteiger partial charge in [0.1, 0.15) is 29.7 Å². The zero-order chi connectivity index (χ0) is 29.0. The van der Waals surface area contributed by atoms with Gasteiger partial charge in [0.2, 0.25) is 0 Å². The SMILES string of the molecule is CCC(=O)O[C@@H]1[C@@H]2C(=O)[C@](C)([C@H]3CC[C@]4(C)[C@@H](CC(=O)O[C@H]4c4ccoc4)[C@]34O[C@H]24)[C@@H]([C@@H](O)C(=O)OC)C1(C)C. The lowest BCUT2D eigenvalue weighted by atomic mass is 9.37. The van der Waals surface area contributed by atoms with Crippen LogP contribution < -0.4 is 0 Å². The zero-order valence-corrected chi connectivity index (χ0v) is 23.8. The van der Waals surface area contributed by atoms with Crippen molar-refractivity contribution in [3.05, 3.63) is 24.2 Å². The number of carbonyl (C=O) groups excluding carboxylic acids is 4. The van der Waals surface area contributed by atoms with Gasteiger partial charge in [0, 0.05) is 46.0 Å². The molecule has 2 aliphatic heterocycles. The highest BCUT2D eigenvalue weighted by Crippen LogP contribution is 2.77. The number of hydrogen-bond acceptors (Lipinski definition) is 10. The van der Waals surface area contributed by atoms with Gasteiger partial charge < -0.3 is 28.5 Å². The highest BCUT2D eigenvalue weighted by molar-refractivity contribution is 5.94. The molecule has 5 fully saturated rings. The van der Waals surface area contributed by atoms with E-state index in [4.69, 9.17) is 23.4 Å². The Kier molecular flexibility index (Phi) is 5.93. The first-order chi connectivity index (χ1) is 18.8. The van der Waals surface area contributed by atoms with Crippen LogP contribution in [0.5, 0.6) is 0 Å². The third-order valence-corrected chi connectivity index (χ3v) is 11.3. The summed E-state index contributed by atoms with van der Waals surface area (Å²) < 4.78 is 28.9. The molecule has 5 aliphatic rings. The number of aliphatic hydroxyl groups is 1. The van der Waals surface area contributed by atoms with Crippen molar-refractivity contribution in [2.45, 2.75) is 90.3 Å². The van der Waals surface area contributed by atoms with Crippen LogP contribution in [-0.2, 0) is 38.1 Å². The molecule has 3 saturated carbocycles. The van der Waals surface area contributed by atoms with Gasteiger partial charge in [0.05, 0.1) is 32.0 Å². The second-order valence-corrected chi connectivity index (χ2v) is 13.4. The third kappa shape index (κ3) is 3.23. The summed E-state index contributed by atoms with van der Waals surface area (Å²) in [5.41, 5.74) is -2.83. The Morgan fingerprint density at radius 2 is 1.90 bits per heavy atom. The van der Waals surface area contributed by atoms with E-state index in [1.54, 1.807) is 25.5 Å². The van der Waals surface area contributed by atoms with Gasteiger partial charge in [-0.25, -0.2) is 4.79 Å². The van der Waals surface area contributed by atoms with Crippen molar-refractivity contribution in [2.75, 3.05) is 7.11 Å².